The van der Waals surface area contributed by atoms with Crippen LogP contribution in [-0.4, -0.2) is 17.9 Å². The summed E-state index contributed by atoms with van der Waals surface area (Å²) < 4.78 is 5.64. The second-order valence-electron chi connectivity index (χ2n) is 6.74. The van der Waals surface area contributed by atoms with E-state index in [0.29, 0.717) is 32.3 Å². The first kappa shape index (κ1) is 20.0. The zero-order valence-electron chi connectivity index (χ0n) is 15.0. The molecule has 0 bridgehead atoms. The number of nitrogens with one attached hydrogen (secondary N) is 1. The lowest BCUT2D eigenvalue weighted by Crippen LogP contribution is -2.30. The van der Waals surface area contributed by atoms with E-state index in [1.54, 1.807) is 25.1 Å². The predicted molar refractivity (Wildman–Crippen MR) is 109 cm³/mol. The third-order valence-corrected chi connectivity index (χ3v) is 6.26. The molecule has 2 aromatic rings. The first-order valence-corrected chi connectivity index (χ1v) is 10.2. The third-order valence-electron chi connectivity index (χ3n) is 4.56. The summed E-state index contributed by atoms with van der Waals surface area (Å²) in [6, 6.07) is 4.78. The maximum atomic E-state index is 12.6. The Hall–Kier alpha value is -1.76. The molecule has 5 nitrogen and oxygen atoms in total. The Bertz CT molecular complexity index is 897. The van der Waals surface area contributed by atoms with E-state index < -0.39 is 12.0 Å². The molecule has 0 saturated carbocycles. The molecule has 1 heterocycles. The summed E-state index contributed by atoms with van der Waals surface area (Å²) in [4.78, 5) is 25.7. The Kier molecular flexibility index (Phi) is 5.99. The van der Waals surface area contributed by atoms with Gasteiger partial charge in [0.2, 0.25) is 0 Å². The fraction of sp³-hybridized carbons (Fsp3) is 0.368. The molecule has 144 valence electrons. The molecule has 27 heavy (non-hydrogen) atoms. The summed E-state index contributed by atoms with van der Waals surface area (Å²) in [5, 5.41) is 4.09. The summed E-state index contributed by atoms with van der Waals surface area (Å²) in [6.07, 6.45) is 1.88. The minimum absolute atomic E-state index is 0.320. The average Bonchev–Trinajstić information content (AvgIpc) is 2.94. The van der Waals surface area contributed by atoms with Crippen LogP contribution in [0.5, 0.6) is 5.75 Å². The fourth-order valence-corrected chi connectivity index (χ4v) is 5.00. The highest BCUT2D eigenvalue weighted by molar-refractivity contribution is 7.17. The summed E-state index contributed by atoms with van der Waals surface area (Å²) in [5.41, 5.74) is 6.97. The highest BCUT2D eigenvalue weighted by Crippen LogP contribution is 2.39. The number of thiophene rings is 1. The average molecular weight is 427 g/mol. The number of hydrogen-bond acceptors (Lipinski definition) is 4. The zero-order valence-corrected chi connectivity index (χ0v) is 17.3. The highest BCUT2D eigenvalue weighted by atomic mass is 35.5. The van der Waals surface area contributed by atoms with Crippen LogP contribution in [0.3, 0.4) is 0 Å². The summed E-state index contributed by atoms with van der Waals surface area (Å²) >= 11 is 13.4. The predicted octanol–water partition coefficient (Wildman–Crippen LogP) is 4.68. The van der Waals surface area contributed by atoms with Crippen LogP contribution in [-0.2, 0) is 17.6 Å². The van der Waals surface area contributed by atoms with Gasteiger partial charge in [0.25, 0.3) is 11.8 Å². The minimum Gasteiger partial charge on any atom is -0.479 e. The van der Waals surface area contributed by atoms with Crippen molar-refractivity contribution in [3.8, 4) is 5.75 Å². The molecule has 1 aliphatic rings. The van der Waals surface area contributed by atoms with Gasteiger partial charge in [-0.15, -0.1) is 11.3 Å². The summed E-state index contributed by atoms with van der Waals surface area (Å²) in [6.45, 7) is 3.79. The lowest BCUT2D eigenvalue weighted by atomic mass is 9.88. The number of primary amides is 1. The number of anilines is 1. The number of carbonyl (C=O) groups excluding carboxylic acids is 2. The van der Waals surface area contributed by atoms with Gasteiger partial charge in [-0.1, -0.05) is 30.1 Å². The summed E-state index contributed by atoms with van der Waals surface area (Å²) in [5.74, 6) is 0.00899. The van der Waals surface area contributed by atoms with Crippen LogP contribution < -0.4 is 15.8 Å². The van der Waals surface area contributed by atoms with Crippen LogP contribution in [0.1, 0.15) is 41.1 Å². The zero-order chi connectivity index (χ0) is 19.7. The molecule has 0 radical (unpaired) electrons. The number of carbonyl (C=O) groups is 2. The molecular weight excluding hydrogens is 407 g/mol. The first-order valence-electron chi connectivity index (χ1n) is 8.63. The molecule has 3 N–H and O–H groups in total. The van der Waals surface area contributed by atoms with Gasteiger partial charge < -0.3 is 15.8 Å². The second-order valence-corrected chi connectivity index (χ2v) is 8.69. The van der Waals surface area contributed by atoms with Gasteiger partial charge in [-0.05, 0) is 55.9 Å². The van der Waals surface area contributed by atoms with E-state index in [0.717, 1.165) is 29.7 Å². The van der Waals surface area contributed by atoms with Gasteiger partial charge in [-0.3, -0.25) is 9.59 Å². The van der Waals surface area contributed by atoms with E-state index >= 15 is 0 Å². The van der Waals surface area contributed by atoms with Crippen molar-refractivity contribution in [1.29, 1.82) is 0 Å². The normalized spacial score (nSPS) is 17.1. The van der Waals surface area contributed by atoms with Crippen molar-refractivity contribution in [2.75, 3.05) is 5.32 Å². The molecule has 2 atom stereocenters. The Morgan fingerprint density at radius 1 is 1.37 bits per heavy atom. The van der Waals surface area contributed by atoms with E-state index in [1.807, 2.05) is 0 Å². The molecule has 0 saturated heterocycles. The Morgan fingerprint density at radius 3 is 2.78 bits per heavy atom. The molecule has 2 amide bonds. The maximum absolute atomic E-state index is 12.6. The molecule has 1 aromatic heterocycles. The number of nitrogens with two attached hydrogens (primary N) is 1. The maximum Gasteiger partial charge on any atom is 0.265 e. The van der Waals surface area contributed by atoms with Crippen molar-refractivity contribution >= 4 is 51.4 Å². The Balaban J connectivity index is 1.78. The topological polar surface area (TPSA) is 81.4 Å². The van der Waals surface area contributed by atoms with Crippen molar-refractivity contribution in [3.63, 3.8) is 0 Å². The van der Waals surface area contributed by atoms with Gasteiger partial charge in [0, 0.05) is 9.90 Å². The molecular formula is C19H20Cl2N2O3S. The number of amides is 2. The van der Waals surface area contributed by atoms with Crippen molar-refractivity contribution in [1.82, 2.24) is 0 Å². The quantitative estimate of drug-likeness (QED) is 0.727. The van der Waals surface area contributed by atoms with Crippen LogP contribution in [0.4, 0.5) is 5.00 Å². The van der Waals surface area contributed by atoms with E-state index in [9.17, 15) is 9.59 Å². The van der Waals surface area contributed by atoms with Crippen molar-refractivity contribution in [2.45, 2.75) is 39.2 Å². The van der Waals surface area contributed by atoms with E-state index in [-0.39, 0.29) is 5.91 Å². The number of hydrogen-bond donors (Lipinski definition) is 2. The molecule has 0 unspecified atom stereocenters. The molecule has 0 aliphatic heterocycles. The van der Waals surface area contributed by atoms with Gasteiger partial charge in [0.15, 0.2) is 6.10 Å². The SMILES string of the molecule is C[C@@H]1CCc2c(sc(NC(=O)[C@@H](C)Oc3ccc(Cl)cc3Cl)c2C(N)=O)C1. The monoisotopic (exact) mass is 426 g/mol. The van der Waals surface area contributed by atoms with E-state index in [2.05, 4.69) is 12.2 Å². The number of benzene rings is 1. The Labute approximate surface area is 171 Å². The molecule has 0 fully saturated rings. The van der Waals surface area contributed by atoms with Crippen LogP contribution in [0.2, 0.25) is 10.0 Å². The van der Waals surface area contributed by atoms with Gasteiger partial charge in [0.05, 0.1) is 10.6 Å². The smallest absolute Gasteiger partial charge is 0.265 e. The second kappa shape index (κ2) is 8.09. The van der Waals surface area contributed by atoms with Gasteiger partial charge in [-0.2, -0.15) is 0 Å². The van der Waals surface area contributed by atoms with E-state index in [4.69, 9.17) is 33.7 Å². The van der Waals surface area contributed by atoms with Crippen molar-refractivity contribution in [2.24, 2.45) is 11.7 Å². The lowest BCUT2D eigenvalue weighted by molar-refractivity contribution is -0.122. The fourth-order valence-electron chi connectivity index (χ4n) is 3.13. The number of ether oxygens (including phenoxy) is 1. The van der Waals surface area contributed by atoms with Gasteiger partial charge in [0.1, 0.15) is 10.8 Å². The minimum atomic E-state index is -0.817. The van der Waals surface area contributed by atoms with Crippen LogP contribution in [0, 0.1) is 5.92 Å². The molecule has 3 rings (SSSR count). The van der Waals surface area contributed by atoms with Crippen LogP contribution in [0.25, 0.3) is 0 Å². The lowest BCUT2D eigenvalue weighted by Gasteiger charge is -2.18. The van der Waals surface area contributed by atoms with Crippen molar-refractivity contribution < 1.29 is 14.3 Å². The number of fused-ring (bicyclic) bond motifs is 1. The standard InChI is InChI=1S/C19H20Cl2N2O3S/c1-9-3-5-12-15(7-9)27-19(16(12)17(22)24)23-18(25)10(2)26-14-6-4-11(20)8-13(14)21/h4,6,8-10H,3,5,7H2,1-2H3,(H2,22,24)(H,23,25)/t9-,10-/m1/s1. The van der Waals surface area contributed by atoms with Crippen LogP contribution >= 0.6 is 34.5 Å². The molecule has 0 spiro atoms. The van der Waals surface area contributed by atoms with Crippen molar-refractivity contribution in [3.05, 3.63) is 44.2 Å². The van der Waals surface area contributed by atoms with Gasteiger partial charge >= 0.3 is 0 Å². The van der Waals surface area contributed by atoms with Crippen LogP contribution in [0.15, 0.2) is 18.2 Å². The third kappa shape index (κ3) is 4.39. The molecule has 8 heteroatoms. The van der Waals surface area contributed by atoms with E-state index in [1.165, 1.54) is 11.3 Å². The highest BCUT2D eigenvalue weighted by Gasteiger charge is 2.28. The number of rotatable bonds is 5. The largest absolute Gasteiger partial charge is 0.479 e. The molecule has 1 aliphatic carbocycles. The Morgan fingerprint density at radius 2 is 2.11 bits per heavy atom. The summed E-state index contributed by atoms with van der Waals surface area (Å²) in [7, 11) is 0. The van der Waals surface area contributed by atoms with Gasteiger partial charge in [-0.25, -0.2) is 0 Å². The number of halogens is 2. The molecule has 1 aromatic carbocycles. The first-order chi connectivity index (χ1) is 12.8.